The second-order valence-corrected chi connectivity index (χ2v) is 5.42. The van der Waals surface area contributed by atoms with Crippen molar-refractivity contribution in [3.8, 4) is 5.75 Å². The Balaban J connectivity index is 1.59. The summed E-state index contributed by atoms with van der Waals surface area (Å²) >= 11 is 0. The summed E-state index contributed by atoms with van der Waals surface area (Å²) in [6.07, 6.45) is 3.16. The Morgan fingerprint density at radius 1 is 1.37 bits per heavy atom. The molecule has 1 amide bonds. The molecule has 4 heteroatoms. The Kier molecular flexibility index (Phi) is 3.32. The van der Waals surface area contributed by atoms with E-state index in [-0.39, 0.29) is 5.91 Å². The molecule has 4 nitrogen and oxygen atoms in total. The molecule has 1 N–H and O–H groups in total. The lowest BCUT2D eigenvalue weighted by atomic mass is 10.2. The van der Waals surface area contributed by atoms with Crippen molar-refractivity contribution in [2.45, 2.75) is 25.3 Å². The first kappa shape index (κ1) is 12.3. The largest absolute Gasteiger partial charge is 0.497 e. The van der Waals surface area contributed by atoms with Crippen LogP contribution in [0.25, 0.3) is 0 Å². The van der Waals surface area contributed by atoms with Crippen molar-refractivity contribution in [2.24, 2.45) is 5.92 Å². The number of rotatable bonds is 4. The molecule has 1 saturated carbocycles. The molecule has 0 radical (unpaired) electrons. The fourth-order valence-corrected chi connectivity index (χ4v) is 2.58. The highest BCUT2D eigenvalue weighted by Gasteiger charge is 2.32. The van der Waals surface area contributed by atoms with E-state index in [2.05, 4.69) is 16.3 Å². The van der Waals surface area contributed by atoms with Gasteiger partial charge < -0.3 is 15.0 Å². The van der Waals surface area contributed by atoms with Crippen LogP contribution in [-0.4, -0.2) is 32.1 Å². The maximum absolute atomic E-state index is 11.8. The summed E-state index contributed by atoms with van der Waals surface area (Å²) in [6, 6.07) is 8.38. The minimum Gasteiger partial charge on any atom is -0.497 e. The maximum Gasteiger partial charge on any atom is 0.223 e. The molecular formula is C15H20N2O2. The number of amides is 1. The molecule has 19 heavy (non-hydrogen) atoms. The lowest BCUT2D eigenvalue weighted by molar-refractivity contribution is -0.122. The second kappa shape index (κ2) is 5.11. The minimum absolute atomic E-state index is 0.248. The standard InChI is InChI=1S/C15H20N2O2/c1-19-14-4-2-3-13(9-14)17-8-7-12(10-17)16-15(18)11-5-6-11/h2-4,9,11-12H,5-8,10H2,1H3,(H,16,18)/t12-/m0/s1. The van der Waals surface area contributed by atoms with Gasteiger partial charge in [0.1, 0.15) is 5.75 Å². The summed E-state index contributed by atoms with van der Waals surface area (Å²) in [7, 11) is 1.68. The average Bonchev–Trinajstić information content (AvgIpc) is 3.20. The molecule has 3 rings (SSSR count). The molecule has 1 aliphatic carbocycles. The van der Waals surface area contributed by atoms with Crippen molar-refractivity contribution in [2.75, 3.05) is 25.1 Å². The van der Waals surface area contributed by atoms with E-state index in [1.807, 2.05) is 18.2 Å². The molecular weight excluding hydrogens is 240 g/mol. The molecule has 1 heterocycles. The van der Waals surface area contributed by atoms with E-state index in [9.17, 15) is 4.79 Å². The average molecular weight is 260 g/mol. The van der Waals surface area contributed by atoms with Crippen LogP contribution in [0.2, 0.25) is 0 Å². The first-order valence-corrected chi connectivity index (χ1v) is 6.95. The van der Waals surface area contributed by atoms with E-state index in [0.29, 0.717) is 12.0 Å². The normalized spacial score (nSPS) is 22.4. The van der Waals surface area contributed by atoms with Gasteiger partial charge in [-0.25, -0.2) is 0 Å². The van der Waals surface area contributed by atoms with E-state index in [1.165, 1.54) is 5.69 Å². The zero-order valence-electron chi connectivity index (χ0n) is 11.3. The van der Waals surface area contributed by atoms with Crippen LogP contribution in [0.5, 0.6) is 5.75 Å². The number of nitrogens with one attached hydrogen (secondary N) is 1. The molecule has 0 bridgehead atoms. The van der Waals surface area contributed by atoms with E-state index in [0.717, 1.165) is 38.1 Å². The first-order chi connectivity index (χ1) is 9.26. The van der Waals surface area contributed by atoms with Gasteiger partial charge in [0.05, 0.1) is 7.11 Å². The summed E-state index contributed by atoms with van der Waals surface area (Å²) in [6.45, 7) is 1.88. The van der Waals surface area contributed by atoms with Crippen molar-refractivity contribution in [1.82, 2.24) is 5.32 Å². The predicted octanol–water partition coefficient (Wildman–Crippen LogP) is 1.80. The predicted molar refractivity (Wildman–Crippen MR) is 74.5 cm³/mol. The van der Waals surface area contributed by atoms with Gasteiger partial charge in [0.2, 0.25) is 5.91 Å². The zero-order chi connectivity index (χ0) is 13.2. The number of ether oxygens (including phenoxy) is 1. The topological polar surface area (TPSA) is 41.6 Å². The van der Waals surface area contributed by atoms with Crippen molar-refractivity contribution >= 4 is 11.6 Å². The highest BCUT2D eigenvalue weighted by molar-refractivity contribution is 5.81. The number of hydrogen-bond donors (Lipinski definition) is 1. The van der Waals surface area contributed by atoms with Crippen LogP contribution >= 0.6 is 0 Å². The van der Waals surface area contributed by atoms with Gasteiger partial charge in [0.25, 0.3) is 0 Å². The number of carbonyl (C=O) groups excluding carboxylic acids is 1. The van der Waals surface area contributed by atoms with Crippen LogP contribution in [0.3, 0.4) is 0 Å². The molecule has 2 aliphatic rings. The number of anilines is 1. The molecule has 1 aromatic carbocycles. The summed E-state index contributed by atoms with van der Waals surface area (Å²) in [5, 5.41) is 3.16. The number of nitrogens with zero attached hydrogens (tertiary/aromatic N) is 1. The van der Waals surface area contributed by atoms with Gasteiger partial charge >= 0.3 is 0 Å². The van der Waals surface area contributed by atoms with Crippen molar-refractivity contribution in [1.29, 1.82) is 0 Å². The van der Waals surface area contributed by atoms with Crippen LogP contribution in [0, 0.1) is 5.92 Å². The molecule has 1 atom stereocenters. The van der Waals surface area contributed by atoms with Gasteiger partial charge in [0.15, 0.2) is 0 Å². The smallest absolute Gasteiger partial charge is 0.223 e. The molecule has 2 fully saturated rings. The maximum atomic E-state index is 11.8. The van der Waals surface area contributed by atoms with Crippen molar-refractivity contribution in [3.05, 3.63) is 24.3 Å². The first-order valence-electron chi connectivity index (χ1n) is 6.95. The zero-order valence-corrected chi connectivity index (χ0v) is 11.3. The quantitative estimate of drug-likeness (QED) is 0.897. The van der Waals surface area contributed by atoms with Crippen LogP contribution in [0.15, 0.2) is 24.3 Å². The fourth-order valence-electron chi connectivity index (χ4n) is 2.58. The Morgan fingerprint density at radius 3 is 2.95 bits per heavy atom. The summed E-state index contributed by atoms with van der Waals surface area (Å²) in [4.78, 5) is 14.1. The van der Waals surface area contributed by atoms with Crippen molar-refractivity contribution in [3.63, 3.8) is 0 Å². The van der Waals surface area contributed by atoms with Crippen LogP contribution in [0.4, 0.5) is 5.69 Å². The number of hydrogen-bond acceptors (Lipinski definition) is 3. The monoisotopic (exact) mass is 260 g/mol. The third kappa shape index (κ3) is 2.83. The molecule has 1 aliphatic heterocycles. The Morgan fingerprint density at radius 2 is 2.21 bits per heavy atom. The molecule has 1 aromatic rings. The number of benzene rings is 1. The summed E-state index contributed by atoms with van der Waals surface area (Å²) in [5.41, 5.74) is 1.17. The Hall–Kier alpha value is -1.71. The molecule has 0 spiro atoms. The number of carbonyl (C=O) groups is 1. The third-order valence-electron chi connectivity index (χ3n) is 3.90. The molecule has 0 aromatic heterocycles. The van der Waals surface area contributed by atoms with Gasteiger partial charge in [-0.2, -0.15) is 0 Å². The van der Waals surface area contributed by atoms with Gasteiger partial charge in [-0.3, -0.25) is 4.79 Å². The van der Waals surface area contributed by atoms with Gasteiger partial charge in [0, 0.05) is 36.8 Å². The molecule has 102 valence electrons. The Labute approximate surface area is 113 Å². The highest BCUT2D eigenvalue weighted by atomic mass is 16.5. The van der Waals surface area contributed by atoms with Crippen molar-refractivity contribution < 1.29 is 9.53 Å². The third-order valence-corrected chi connectivity index (χ3v) is 3.90. The Bertz CT molecular complexity index is 471. The van der Waals surface area contributed by atoms with E-state index < -0.39 is 0 Å². The van der Waals surface area contributed by atoms with E-state index in [1.54, 1.807) is 7.11 Å². The number of methoxy groups -OCH3 is 1. The van der Waals surface area contributed by atoms with Gasteiger partial charge in [-0.1, -0.05) is 6.07 Å². The highest BCUT2D eigenvalue weighted by Crippen LogP contribution is 2.30. The van der Waals surface area contributed by atoms with Crippen LogP contribution in [0.1, 0.15) is 19.3 Å². The summed E-state index contributed by atoms with van der Waals surface area (Å²) in [5.74, 6) is 1.42. The lowest BCUT2D eigenvalue weighted by Gasteiger charge is -2.19. The van der Waals surface area contributed by atoms with E-state index >= 15 is 0 Å². The fraction of sp³-hybridized carbons (Fsp3) is 0.533. The lowest BCUT2D eigenvalue weighted by Crippen LogP contribution is -2.37. The van der Waals surface area contributed by atoms with Gasteiger partial charge in [-0.05, 0) is 31.4 Å². The second-order valence-electron chi connectivity index (χ2n) is 5.42. The molecule has 0 unspecified atom stereocenters. The summed E-state index contributed by atoms with van der Waals surface area (Å²) < 4.78 is 5.25. The van der Waals surface area contributed by atoms with Gasteiger partial charge in [-0.15, -0.1) is 0 Å². The molecule has 1 saturated heterocycles. The van der Waals surface area contributed by atoms with Crippen LogP contribution in [-0.2, 0) is 4.79 Å². The van der Waals surface area contributed by atoms with Crippen LogP contribution < -0.4 is 15.0 Å². The SMILES string of the molecule is COc1cccc(N2CC[C@H](NC(=O)C3CC3)C2)c1. The minimum atomic E-state index is 0.248. The van der Waals surface area contributed by atoms with E-state index in [4.69, 9.17) is 4.74 Å².